The summed E-state index contributed by atoms with van der Waals surface area (Å²) in [5.74, 6) is 0.257. The highest BCUT2D eigenvalue weighted by molar-refractivity contribution is 9.10. The lowest BCUT2D eigenvalue weighted by Crippen LogP contribution is -2.06. The molecule has 3 heterocycles. The van der Waals surface area contributed by atoms with Crippen molar-refractivity contribution in [2.24, 2.45) is 5.92 Å². The maximum atomic E-state index is 12.1. The maximum absolute atomic E-state index is 12.1. The quantitative estimate of drug-likeness (QED) is 0.321. The SMILES string of the molecule is CCOC(=O)C=Cc1c(COCC2CC2)nc2c(cnn2CC)c1-c1cncc(Br)c1. The Morgan fingerprint density at radius 3 is 2.84 bits per heavy atom. The predicted molar refractivity (Wildman–Crippen MR) is 122 cm³/mol. The molecule has 3 aromatic rings. The monoisotopic (exact) mass is 484 g/mol. The number of aryl methyl sites for hydroxylation is 1. The molecule has 0 N–H and O–H groups in total. The first kappa shape index (κ1) is 21.6. The minimum Gasteiger partial charge on any atom is -0.463 e. The fourth-order valence-corrected chi connectivity index (χ4v) is 3.84. The first-order valence-electron chi connectivity index (χ1n) is 10.5. The third-order valence-electron chi connectivity index (χ3n) is 5.16. The van der Waals surface area contributed by atoms with E-state index in [4.69, 9.17) is 14.5 Å². The summed E-state index contributed by atoms with van der Waals surface area (Å²) in [6, 6.07) is 2.00. The van der Waals surface area contributed by atoms with Crippen LogP contribution in [0.2, 0.25) is 0 Å². The van der Waals surface area contributed by atoms with Gasteiger partial charge in [-0.25, -0.2) is 14.5 Å². The molecule has 0 saturated heterocycles. The van der Waals surface area contributed by atoms with Crippen LogP contribution < -0.4 is 0 Å². The van der Waals surface area contributed by atoms with Crippen LogP contribution >= 0.6 is 15.9 Å². The standard InChI is InChI=1S/C23H25BrN4O3/c1-3-28-23-19(12-26-28)22(16-9-17(24)11-25-10-16)18(7-8-21(29)31-4-2)20(27-23)14-30-13-15-5-6-15/h7-12,15H,3-6,13-14H2,1-2H3. The summed E-state index contributed by atoms with van der Waals surface area (Å²) in [7, 11) is 0. The number of carbonyl (C=O) groups excluding carboxylic acids is 1. The van der Waals surface area contributed by atoms with E-state index in [0.717, 1.165) is 44.5 Å². The molecule has 0 aliphatic heterocycles. The number of esters is 1. The van der Waals surface area contributed by atoms with Gasteiger partial charge in [-0.05, 0) is 60.7 Å². The number of ether oxygens (including phenoxy) is 2. The van der Waals surface area contributed by atoms with E-state index in [1.807, 2.05) is 23.9 Å². The van der Waals surface area contributed by atoms with E-state index in [1.165, 1.54) is 18.9 Å². The Kier molecular flexibility index (Phi) is 6.77. The Bertz CT molecular complexity index is 1120. The van der Waals surface area contributed by atoms with Gasteiger partial charge in [0.1, 0.15) is 0 Å². The Labute approximate surface area is 189 Å². The zero-order chi connectivity index (χ0) is 21.8. The van der Waals surface area contributed by atoms with Gasteiger partial charge < -0.3 is 9.47 Å². The third kappa shape index (κ3) is 5.02. The molecule has 0 bridgehead atoms. The minimum absolute atomic E-state index is 0.323. The van der Waals surface area contributed by atoms with Gasteiger partial charge in [-0.1, -0.05) is 0 Å². The number of fused-ring (bicyclic) bond motifs is 1. The van der Waals surface area contributed by atoms with Gasteiger partial charge in [-0.3, -0.25) is 4.98 Å². The van der Waals surface area contributed by atoms with E-state index in [-0.39, 0.29) is 0 Å². The summed E-state index contributed by atoms with van der Waals surface area (Å²) in [4.78, 5) is 21.3. The number of hydrogen-bond acceptors (Lipinski definition) is 6. The molecule has 0 unspecified atom stereocenters. The highest BCUT2D eigenvalue weighted by Crippen LogP contribution is 2.35. The van der Waals surface area contributed by atoms with Crippen LogP contribution in [0.15, 0.2) is 35.2 Å². The number of carbonyl (C=O) groups is 1. The van der Waals surface area contributed by atoms with Gasteiger partial charge in [0.25, 0.3) is 0 Å². The molecular formula is C23H25BrN4O3. The van der Waals surface area contributed by atoms with Gasteiger partial charge in [0.15, 0.2) is 5.65 Å². The smallest absolute Gasteiger partial charge is 0.330 e. The highest BCUT2D eigenvalue weighted by Gasteiger charge is 2.23. The number of pyridine rings is 2. The zero-order valence-corrected chi connectivity index (χ0v) is 19.3. The number of nitrogens with zero attached hydrogens (tertiary/aromatic N) is 4. The van der Waals surface area contributed by atoms with Crippen molar-refractivity contribution in [1.29, 1.82) is 0 Å². The fourth-order valence-electron chi connectivity index (χ4n) is 3.48. The molecule has 0 aromatic carbocycles. The first-order chi connectivity index (χ1) is 15.1. The highest BCUT2D eigenvalue weighted by atomic mass is 79.9. The average Bonchev–Trinajstić information content (AvgIpc) is 3.49. The Hall–Kier alpha value is -2.58. The normalized spacial score (nSPS) is 13.9. The summed E-state index contributed by atoms with van der Waals surface area (Å²) in [5.41, 5.74) is 4.19. The molecule has 4 rings (SSSR count). The van der Waals surface area contributed by atoms with Gasteiger partial charge >= 0.3 is 5.97 Å². The molecule has 31 heavy (non-hydrogen) atoms. The molecular weight excluding hydrogens is 460 g/mol. The Balaban J connectivity index is 1.88. The molecule has 1 fully saturated rings. The van der Waals surface area contributed by atoms with Crippen LogP contribution in [0.25, 0.3) is 28.2 Å². The third-order valence-corrected chi connectivity index (χ3v) is 5.59. The van der Waals surface area contributed by atoms with E-state index < -0.39 is 5.97 Å². The molecule has 0 spiro atoms. The fraction of sp³-hybridized carbons (Fsp3) is 0.391. The number of aromatic nitrogens is 4. The second-order valence-electron chi connectivity index (χ2n) is 7.48. The largest absolute Gasteiger partial charge is 0.463 e. The van der Waals surface area contributed by atoms with Crippen molar-refractivity contribution in [3.8, 4) is 11.1 Å². The van der Waals surface area contributed by atoms with Crippen LogP contribution in [-0.2, 0) is 27.4 Å². The lowest BCUT2D eigenvalue weighted by Gasteiger charge is -2.14. The number of hydrogen-bond donors (Lipinski definition) is 0. The van der Waals surface area contributed by atoms with E-state index in [1.54, 1.807) is 25.4 Å². The average molecular weight is 485 g/mol. The topological polar surface area (TPSA) is 79.1 Å². The van der Waals surface area contributed by atoms with Crippen molar-refractivity contribution < 1.29 is 14.3 Å². The van der Waals surface area contributed by atoms with Gasteiger partial charge in [-0.15, -0.1) is 0 Å². The van der Waals surface area contributed by atoms with Gasteiger partial charge in [0.05, 0.1) is 25.1 Å². The minimum atomic E-state index is -0.394. The zero-order valence-electron chi connectivity index (χ0n) is 17.7. The van der Waals surface area contributed by atoms with Gasteiger partial charge in [-0.2, -0.15) is 5.10 Å². The lowest BCUT2D eigenvalue weighted by atomic mass is 9.97. The van der Waals surface area contributed by atoms with E-state index in [9.17, 15) is 4.79 Å². The van der Waals surface area contributed by atoms with Crippen LogP contribution in [0, 0.1) is 5.92 Å². The summed E-state index contributed by atoms with van der Waals surface area (Å²) >= 11 is 3.52. The molecule has 0 atom stereocenters. The summed E-state index contributed by atoms with van der Waals surface area (Å²) in [6.45, 7) is 5.93. The van der Waals surface area contributed by atoms with Crippen molar-refractivity contribution in [3.63, 3.8) is 0 Å². The molecule has 1 saturated carbocycles. The molecule has 7 nitrogen and oxygen atoms in total. The van der Waals surface area contributed by atoms with Crippen molar-refractivity contribution in [2.75, 3.05) is 13.2 Å². The predicted octanol–water partition coefficient (Wildman–Crippen LogP) is 4.78. The summed E-state index contributed by atoms with van der Waals surface area (Å²) < 4.78 is 13.8. The lowest BCUT2D eigenvalue weighted by molar-refractivity contribution is -0.137. The van der Waals surface area contributed by atoms with E-state index in [0.29, 0.717) is 25.7 Å². The van der Waals surface area contributed by atoms with Crippen LogP contribution in [0.3, 0.4) is 0 Å². The van der Waals surface area contributed by atoms with Crippen LogP contribution in [0.5, 0.6) is 0 Å². The van der Waals surface area contributed by atoms with E-state index >= 15 is 0 Å². The Morgan fingerprint density at radius 1 is 1.29 bits per heavy atom. The molecule has 162 valence electrons. The first-order valence-corrected chi connectivity index (χ1v) is 11.3. The van der Waals surface area contributed by atoms with Crippen molar-refractivity contribution >= 4 is 39.0 Å². The Morgan fingerprint density at radius 2 is 2.13 bits per heavy atom. The second kappa shape index (κ2) is 9.70. The van der Waals surface area contributed by atoms with E-state index in [2.05, 4.69) is 26.0 Å². The molecule has 0 amide bonds. The summed E-state index contributed by atoms with van der Waals surface area (Å²) in [6.07, 6.45) is 11.0. The van der Waals surface area contributed by atoms with Crippen LogP contribution in [0.1, 0.15) is 37.9 Å². The molecule has 3 aromatic heterocycles. The van der Waals surface area contributed by atoms with Crippen molar-refractivity contribution in [1.82, 2.24) is 19.7 Å². The number of halogens is 1. The van der Waals surface area contributed by atoms with Crippen molar-refractivity contribution in [3.05, 3.63) is 46.5 Å². The number of rotatable bonds is 9. The second-order valence-corrected chi connectivity index (χ2v) is 8.40. The summed E-state index contributed by atoms with van der Waals surface area (Å²) in [5, 5.41) is 5.41. The molecule has 1 aliphatic carbocycles. The van der Waals surface area contributed by atoms with Crippen molar-refractivity contribution in [2.45, 2.75) is 39.8 Å². The molecule has 1 aliphatic rings. The van der Waals surface area contributed by atoms with Gasteiger partial charge in [0, 0.05) is 58.2 Å². The molecule has 8 heteroatoms. The van der Waals surface area contributed by atoms with Gasteiger partial charge in [0.2, 0.25) is 0 Å². The van der Waals surface area contributed by atoms with Crippen LogP contribution in [0.4, 0.5) is 0 Å². The van der Waals surface area contributed by atoms with Crippen LogP contribution in [-0.4, -0.2) is 38.9 Å². The molecule has 0 radical (unpaired) electrons. The maximum Gasteiger partial charge on any atom is 0.330 e.